The average molecular weight is 362 g/mol. The number of rotatable bonds is 8. The first-order chi connectivity index (χ1) is 12.0. The van der Waals surface area contributed by atoms with E-state index in [1.54, 1.807) is 6.07 Å². The van der Waals surface area contributed by atoms with Crippen LogP contribution in [0.3, 0.4) is 0 Å². The van der Waals surface area contributed by atoms with E-state index >= 15 is 0 Å². The second-order valence-electron chi connectivity index (χ2n) is 6.08. The summed E-state index contributed by atoms with van der Waals surface area (Å²) in [6.07, 6.45) is 0.889. The third-order valence-corrected chi connectivity index (χ3v) is 3.92. The highest BCUT2D eigenvalue weighted by atomic mass is 35.5. The summed E-state index contributed by atoms with van der Waals surface area (Å²) in [5, 5.41) is 6.70. The van der Waals surface area contributed by atoms with Crippen LogP contribution in [0.2, 0.25) is 5.02 Å². The molecule has 1 amide bonds. The van der Waals surface area contributed by atoms with Gasteiger partial charge in [-0.25, -0.2) is 9.97 Å². The van der Waals surface area contributed by atoms with Crippen molar-refractivity contribution >= 4 is 23.5 Å². The van der Waals surface area contributed by atoms with Gasteiger partial charge in [-0.05, 0) is 51.7 Å². The second-order valence-corrected chi connectivity index (χ2v) is 6.48. The van der Waals surface area contributed by atoms with Gasteiger partial charge in [0.15, 0.2) is 0 Å². The molecule has 0 radical (unpaired) electrons. The summed E-state index contributed by atoms with van der Waals surface area (Å²) in [4.78, 5) is 23.0. The largest absolute Gasteiger partial charge is 0.351 e. The van der Waals surface area contributed by atoms with E-state index in [2.05, 4.69) is 25.5 Å². The number of anilines is 1. The molecular weight excluding hydrogens is 338 g/mol. The number of hydrogen-bond donors (Lipinski definition) is 2. The Balaban J connectivity index is 1.97. The Morgan fingerprint density at radius 1 is 1.24 bits per heavy atom. The van der Waals surface area contributed by atoms with E-state index < -0.39 is 0 Å². The van der Waals surface area contributed by atoms with Gasteiger partial charge in [0.25, 0.3) is 5.91 Å². The van der Waals surface area contributed by atoms with Crippen LogP contribution in [-0.4, -0.2) is 48.0 Å². The van der Waals surface area contributed by atoms with Crippen molar-refractivity contribution in [1.29, 1.82) is 0 Å². The second kappa shape index (κ2) is 9.34. The average Bonchev–Trinajstić information content (AvgIpc) is 2.57. The lowest BCUT2D eigenvalue weighted by Gasteiger charge is -2.11. The number of benzene rings is 1. The predicted molar refractivity (Wildman–Crippen MR) is 101 cm³/mol. The molecule has 0 aliphatic heterocycles. The van der Waals surface area contributed by atoms with Crippen LogP contribution in [0.25, 0.3) is 0 Å². The molecule has 2 aromatic rings. The number of carbonyl (C=O) groups is 1. The molecule has 0 fully saturated rings. The van der Waals surface area contributed by atoms with E-state index in [4.69, 9.17) is 11.6 Å². The maximum Gasteiger partial charge on any atom is 0.270 e. The molecule has 1 aromatic heterocycles. The van der Waals surface area contributed by atoms with Gasteiger partial charge < -0.3 is 15.5 Å². The molecule has 0 unspecified atom stereocenters. The Kier molecular flexibility index (Phi) is 7.16. The van der Waals surface area contributed by atoms with Gasteiger partial charge in [0, 0.05) is 23.8 Å². The lowest BCUT2D eigenvalue weighted by molar-refractivity contribution is 0.0947. The molecule has 6 nitrogen and oxygen atoms in total. The van der Waals surface area contributed by atoms with E-state index in [0.29, 0.717) is 29.8 Å². The minimum absolute atomic E-state index is 0.190. The van der Waals surface area contributed by atoms with Gasteiger partial charge >= 0.3 is 0 Å². The molecule has 0 atom stereocenters. The van der Waals surface area contributed by atoms with Crippen LogP contribution in [0, 0.1) is 6.92 Å². The van der Waals surface area contributed by atoms with Crippen molar-refractivity contribution in [2.45, 2.75) is 19.9 Å². The van der Waals surface area contributed by atoms with Crippen LogP contribution >= 0.6 is 11.6 Å². The van der Waals surface area contributed by atoms with Crippen LogP contribution in [0.1, 0.15) is 28.2 Å². The lowest BCUT2D eigenvalue weighted by Crippen LogP contribution is -2.28. The number of nitrogens with zero attached hydrogens (tertiary/aromatic N) is 3. The molecule has 0 spiro atoms. The maximum atomic E-state index is 12.3. The van der Waals surface area contributed by atoms with Crippen molar-refractivity contribution in [2.24, 2.45) is 0 Å². The maximum absolute atomic E-state index is 12.3. The number of aryl methyl sites for hydroxylation is 1. The van der Waals surface area contributed by atoms with E-state index in [1.807, 2.05) is 45.3 Å². The molecule has 1 aromatic carbocycles. The Morgan fingerprint density at radius 2 is 2.00 bits per heavy atom. The Morgan fingerprint density at radius 3 is 2.72 bits per heavy atom. The van der Waals surface area contributed by atoms with Gasteiger partial charge in [0.1, 0.15) is 5.69 Å². The number of halogens is 1. The molecule has 7 heteroatoms. The van der Waals surface area contributed by atoms with Crippen molar-refractivity contribution in [3.8, 4) is 0 Å². The first-order valence-electron chi connectivity index (χ1n) is 8.21. The highest BCUT2D eigenvalue weighted by molar-refractivity contribution is 6.31. The normalized spacial score (nSPS) is 10.8. The van der Waals surface area contributed by atoms with E-state index in [-0.39, 0.29) is 5.91 Å². The van der Waals surface area contributed by atoms with Gasteiger partial charge in [-0.15, -0.1) is 0 Å². The molecule has 0 aliphatic rings. The first-order valence-corrected chi connectivity index (χ1v) is 8.59. The van der Waals surface area contributed by atoms with Crippen molar-refractivity contribution in [3.05, 3.63) is 52.3 Å². The Hall–Kier alpha value is -2.18. The summed E-state index contributed by atoms with van der Waals surface area (Å²) in [7, 11) is 4.01. The number of nitrogens with one attached hydrogen (secondary N) is 2. The van der Waals surface area contributed by atoms with Gasteiger partial charge in [-0.3, -0.25) is 4.79 Å². The monoisotopic (exact) mass is 361 g/mol. The number of aromatic nitrogens is 2. The third kappa shape index (κ3) is 6.32. The molecule has 0 aliphatic carbocycles. The van der Waals surface area contributed by atoms with Gasteiger partial charge in [-0.1, -0.05) is 29.8 Å². The van der Waals surface area contributed by atoms with Crippen LogP contribution < -0.4 is 10.6 Å². The van der Waals surface area contributed by atoms with Crippen LogP contribution in [0.5, 0.6) is 0 Å². The van der Waals surface area contributed by atoms with Crippen molar-refractivity contribution in [1.82, 2.24) is 20.2 Å². The van der Waals surface area contributed by atoms with Crippen LogP contribution in [-0.2, 0) is 6.54 Å². The van der Waals surface area contributed by atoms with E-state index in [0.717, 1.165) is 24.2 Å². The Bertz CT molecular complexity index is 720. The molecule has 1 heterocycles. The summed E-state index contributed by atoms with van der Waals surface area (Å²) < 4.78 is 0. The standard InChI is InChI=1S/C18H24ClN5O/c1-13-11-16(17(25)20-9-6-10-24(2)3)23-18(22-13)21-12-14-7-4-5-8-15(14)19/h4-5,7-8,11H,6,9-10,12H2,1-3H3,(H,20,25)(H,21,22,23). The highest BCUT2D eigenvalue weighted by Crippen LogP contribution is 2.16. The Labute approximate surface area is 153 Å². The van der Waals surface area contributed by atoms with Gasteiger partial charge in [-0.2, -0.15) is 0 Å². The van der Waals surface area contributed by atoms with Crippen LogP contribution in [0.4, 0.5) is 5.95 Å². The fourth-order valence-corrected chi connectivity index (χ4v) is 2.47. The summed E-state index contributed by atoms with van der Waals surface area (Å²) in [6, 6.07) is 9.26. The quantitative estimate of drug-likeness (QED) is 0.707. The minimum Gasteiger partial charge on any atom is -0.351 e. The fraction of sp³-hybridized carbons (Fsp3) is 0.389. The molecular formula is C18H24ClN5O. The predicted octanol–water partition coefficient (Wildman–Crippen LogP) is 2.73. The summed E-state index contributed by atoms with van der Waals surface area (Å²) in [5.74, 6) is 0.225. The molecule has 0 saturated heterocycles. The molecule has 2 rings (SSSR count). The SMILES string of the molecule is Cc1cc(C(=O)NCCCN(C)C)nc(NCc2ccccc2Cl)n1. The zero-order valence-electron chi connectivity index (χ0n) is 14.8. The third-order valence-electron chi connectivity index (χ3n) is 3.55. The molecule has 0 bridgehead atoms. The first kappa shape index (κ1) is 19.1. The summed E-state index contributed by atoms with van der Waals surface area (Å²) in [6.45, 7) is 3.87. The fourth-order valence-electron chi connectivity index (χ4n) is 2.27. The number of hydrogen-bond acceptors (Lipinski definition) is 5. The summed E-state index contributed by atoms with van der Waals surface area (Å²) >= 11 is 6.15. The lowest BCUT2D eigenvalue weighted by atomic mass is 10.2. The summed E-state index contributed by atoms with van der Waals surface area (Å²) in [5.41, 5.74) is 2.04. The minimum atomic E-state index is -0.190. The zero-order valence-corrected chi connectivity index (χ0v) is 15.6. The molecule has 134 valence electrons. The highest BCUT2D eigenvalue weighted by Gasteiger charge is 2.10. The molecule has 2 N–H and O–H groups in total. The van der Waals surface area contributed by atoms with E-state index in [9.17, 15) is 4.79 Å². The van der Waals surface area contributed by atoms with Gasteiger partial charge in [0.05, 0.1) is 0 Å². The van der Waals surface area contributed by atoms with Crippen molar-refractivity contribution in [3.63, 3.8) is 0 Å². The topological polar surface area (TPSA) is 70.2 Å². The molecule has 25 heavy (non-hydrogen) atoms. The van der Waals surface area contributed by atoms with Crippen molar-refractivity contribution in [2.75, 3.05) is 32.5 Å². The smallest absolute Gasteiger partial charge is 0.270 e. The number of amides is 1. The zero-order chi connectivity index (χ0) is 18.2. The van der Waals surface area contributed by atoms with Crippen LogP contribution in [0.15, 0.2) is 30.3 Å². The van der Waals surface area contributed by atoms with Crippen molar-refractivity contribution < 1.29 is 4.79 Å². The molecule has 0 saturated carbocycles. The van der Waals surface area contributed by atoms with Gasteiger partial charge in [0.2, 0.25) is 5.95 Å². The van der Waals surface area contributed by atoms with E-state index in [1.165, 1.54) is 0 Å². The number of carbonyl (C=O) groups excluding carboxylic acids is 1.